The maximum absolute atomic E-state index is 11.3. The van der Waals surface area contributed by atoms with Crippen molar-refractivity contribution in [3.8, 4) is 0 Å². The Morgan fingerprint density at radius 3 is 2.33 bits per heavy atom. The van der Waals surface area contributed by atoms with Crippen molar-refractivity contribution >= 4 is 5.91 Å². The summed E-state index contributed by atoms with van der Waals surface area (Å²) in [5, 5.41) is 0. The normalized spacial score (nSPS) is 26.9. The molecule has 0 bridgehead atoms. The average Bonchev–Trinajstić information content (AvgIpc) is 2.64. The quantitative estimate of drug-likeness (QED) is 0.796. The van der Waals surface area contributed by atoms with Gasteiger partial charge in [0.1, 0.15) is 0 Å². The van der Waals surface area contributed by atoms with Crippen LogP contribution in [0.5, 0.6) is 0 Å². The van der Waals surface area contributed by atoms with Gasteiger partial charge in [-0.3, -0.25) is 4.79 Å². The predicted molar refractivity (Wildman–Crippen MR) is 75.0 cm³/mol. The summed E-state index contributed by atoms with van der Waals surface area (Å²) in [5.41, 5.74) is 10.7. The number of nitrogens with zero attached hydrogens (tertiary/aromatic N) is 1. The van der Waals surface area contributed by atoms with Crippen LogP contribution in [0, 0.1) is 11.3 Å². The minimum atomic E-state index is -0.904. The van der Waals surface area contributed by atoms with Gasteiger partial charge < -0.3 is 16.4 Å². The first kappa shape index (κ1) is 15.4. The van der Waals surface area contributed by atoms with E-state index in [1.165, 1.54) is 6.42 Å². The molecule has 0 aromatic heterocycles. The van der Waals surface area contributed by atoms with Gasteiger partial charge in [0.2, 0.25) is 5.91 Å². The fourth-order valence-corrected chi connectivity index (χ4v) is 2.74. The standard InChI is InChI=1S/C14H29N3O/c1-10(8-14(5,16)12(15)18)17-7-6-11(9-17)13(2,3)4/h10-11H,6-9,16H2,1-5H3,(H2,15,18). The molecule has 1 rings (SSSR count). The highest BCUT2D eigenvalue weighted by Crippen LogP contribution is 2.34. The molecule has 4 N–H and O–H groups in total. The molecule has 1 aliphatic rings. The molecule has 1 fully saturated rings. The Balaban J connectivity index is 2.55. The Kier molecular flexibility index (Phi) is 4.44. The van der Waals surface area contributed by atoms with Gasteiger partial charge in [0.05, 0.1) is 5.54 Å². The van der Waals surface area contributed by atoms with Crippen molar-refractivity contribution in [3.63, 3.8) is 0 Å². The van der Waals surface area contributed by atoms with E-state index >= 15 is 0 Å². The molecule has 0 spiro atoms. The van der Waals surface area contributed by atoms with Crippen molar-refractivity contribution in [3.05, 3.63) is 0 Å². The zero-order chi connectivity index (χ0) is 14.1. The third-order valence-electron chi connectivity index (χ3n) is 4.35. The first-order chi connectivity index (χ1) is 8.04. The second kappa shape index (κ2) is 5.17. The fraction of sp³-hybridized carbons (Fsp3) is 0.929. The van der Waals surface area contributed by atoms with Crippen LogP contribution in [0.2, 0.25) is 0 Å². The van der Waals surface area contributed by atoms with Crippen molar-refractivity contribution in [1.29, 1.82) is 0 Å². The lowest BCUT2D eigenvalue weighted by atomic mass is 9.80. The van der Waals surface area contributed by atoms with Gasteiger partial charge in [-0.15, -0.1) is 0 Å². The summed E-state index contributed by atoms with van der Waals surface area (Å²) in [6.45, 7) is 12.9. The predicted octanol–water partition coefficient (Wildman–Crippen LogP) is 1.34. The molecule has 0 saturated carbocycles. The van der Waals surface area contributed by atoms with Crippen LogP contribution < -0.4 is 11.5 Å². The van der Waals surface area contributed by atoms with Gasteiger partial charge in [-0.2, -0.15) is 0 Å². The minimum absolute atomic E-state index is 0.305. The fourth-order valence-electron chi connectivity index (χ4n) is 2.74. The summed E-state index contributed by atoms with van der Waals surface area (Å²) in [4.78, 5) is 13.7. The summed E-state index contributed by atoms with van der Waals surface area (Å²) in [5.74, 6) is 0.304. The van der Waals surface area contributed by atoms with Crippen LogP contribution >= 0.6 is 0 Å². The lowest BCUT2D eigenvalue weighted by Crippen LogP contribution is -2.53. The number of carbonyl (C=O) groups excluding carboxylic acids is 1. The second-order valence-corrected chi connectivity index (χ2v) is 7.18. The maximum Gasteiger partial charge on any atom is 0.237 e. The SMILES string of the molecule is CC(CC(C)(N)C(N)=O)N1CCC(C(C)(C)C)C1. The van der Waals surface area contributed by atoms with E-state index in [0.717, 1.165) is 19.0 Å². The average molecular weight is 255 g/mol. The van der Waals surface area contributed by atoms with E-state index in [0.29, 0.717) is 17.9 Å². The lowest BCUT2D eigenvalue weighted by molar-refractivity contribution is -0.123. The van der Waals surface area contributed by atoms with Crippen molar-refractivity contribution in [2.75, 3.05) is 13.1 Å². The van der Waals surface area contributed by atoms with Crippen LogP contribution in [0.15, 0.2) is 0 Å². The molecule has 4 heteroatoms. The molecule has 1 saturated heterocycles. The Morgan fingerprint density at radius 2 is 1.94 bits per heavy atom. The highest BCUT2D eigenvalue weighted by molar-refractivity contribution is 5.83. The molecule has 3 unspecified atom stereocenters. The number of amides is 1. The van der Waals surface area contributed by atoms with Gasteiger partial charge in [0.15, 0.2) is 0 Å². The molecule has 18 heavy (non-hydrogen) atoms. The summed E-state index contributed by atoms with van der Waals surface area (Å²) < 4.78 is 0. The van der Waals surface area contributed by atoms with Gasteiger partial charge in [-0.05, 0) is 44.6 Å². The molecule has 0 radical (unpaired) electrons. The number of hydrogen-bond donors (Lipinski definition) is 2. The molecule has 1 aliphatic heterocycles. The molecule has 1 amide bonds. The van der Waals surface area contributed by atoms with Gasteiger partial charge in [-0.1, -0.05) is 20.8 Å². The van der Waals surface area contributed by atoms with Crippen molar-refractivity contribution in [1.82, 2.24) is 4.90 Å². The smallest absolute Gasteiger partial charge is 0.237 e. The maximum atomic E-state index is 11.3. The first-order valence-electron chi connectivity index (χ1n) is 6.87. The summed E-state index contributed by atoms with van der Waals surface area (Å²) in [6.07, 6.45) is 1.85. The molecule has 4 nitrogen and oxygen atoms in total. The minimum Gasteiger partial charge on any atom is -0.368 e. The van der Waals surface area contributed by atoms with E-state index in [9.17, 15) is 4.79 Å². The van der Waals surface area contributed by atoms with E-state index in [2.05, 4.69) is 32.6 Å². The number of carbonyl (C=O) groups is 1. The Hall–Kier alpha value is -0.610. The molecule has 0 aromatic carbocycles. The summed E-state index contributed by atoms with van der Waals surface area (Å²) >= 11 is 0. The van der Waals surface area contributed by atoms with Gasteiger partial charge in [0, 0.05) is 12.6 Å². The molecule has 1 heterocycles. The van der Waals surface area contributed by atoms with Crippen LogP contribution in [-0.2, 0) is 4.79 Å². The van der Waals surface area contributed by atoms with Crippen LogP contribution in [0.3, 0.4) is 0 Å². The number of hydrogen-bond acceptors (Lipinski definition) is 3. The topological polar surface area (TPSA) is 72.3 Å². The van der Waals surface area contributed by atoms with E-state index in [4.69, 9.17) is 11.5 Å². The largest absolute Gasteiger partial charge is 0.368 e. The van der Waals surface area contributed by atoms with E-state index in [1.54, 1.807) is 6.92 Å². The van der Waals surface area contributed by atoms with Crippen LogP contribution in [0.1, 0.15) is 47.5 Å². The number of likely N-dealkylation sites (tertiary alicyclic amines) is 1. The van der Waals surface area contributed by atoms with Gasteiger partial charge in [-0.25, -0.2) is 0 Å². The third kappa shape index (κ3) is 3.69. The van der Waals surface area contributed by atoms with Crippen LogP contribution in [0.25, 0.3) is 0 Å². The van der Waals surface area contributed by atoms with E-state index < -0.39 is 11.4 Å². The van der Waals surface area contributed by atoms with Gasteiger partial charge >= 0.3 is 0 Å². The summed E-state index contributed by atoms with van der Waals surface area (Å²) in [6, 6.07) is 0.305. The zero-order valence-corrected chi connectivity index (χ0v) is 12.5. The molecule has 0 aliphatic carbocycles. The second-order valence-electron chi connectivity index (χ2n) is 7.18. The number of primary amides is 1. The van der Waals surface area contributed by atoms with Crippen LogP contribution in [-0.4, -0.2) is 35.5 Å². The highest BCUT2D eigenvalue weighted by Gasteiger charge is 2.36. The Bertz CT molecular complexity index is 307. The van der Waals surface area contributed by atoms with Crippen molar-refractivity contribution < 1.29 is 4.79 Å². The van der Waals surface area contributed by atoms with Crippen molar-refractivity contribution in [2.45, 2.75) is 59.0 Å². The Morgan fingerprint density at radius 1 is 1.39 bits per heavy atom. The molecular formula is C14H29N3O. The highest BCUT2D eigenvalue weighted by atomic mass is 16.1. The Labute approximate surface area is 111 Å². The molecular weight excluding hydrogens is 226 g/mol. The number of rotatable bonds is 4. The first-order valence-corrected chi connectivity index (χ1v) is 6.87. The zero-order valence-electron chi connectivity index (χ0n) is 12.5. The molecule has 3 atom stereocenters. The molecule has 0 aromatic rings. The van der Waals surface area contributed by atoms with E-state index in [-0.39, 0.29) is 0 Å². The van der Waals surface area contributed by atoms with Gasteiger partial charge in [0.25, 0.3) is 0 Å². The molecule has 106 valence electrons. The summed E-state index contributed by atoms with van der Waals surface area (Å²) in [7, 11) is 0. The third-order valence-corrected chi connectivity index (χ3v) is 4.35. The van der Waals surface area contributed by atoms with Crippen LogP contribution in [0.4, 0.5) is 0 Å². The van der Waals surface area contributed by atoms with Crippen molar-refractivity contribution in [2.24, 2.45) is 22.8 Å². The monoisotopic (exact) mass is 255 g/mol. The lowest BCUT2D eigenvalue weighted by Gasteiger charge is -2.32. The number of nitrogens with two attached hydrogens (primary N) is 2. The van der Waals surface area contributed by atoms with E-state index in [1.807, 2.05) is 0 Å².